The van der Waals surface area contributed by atoms with Gasteiger partial charge in [-0.1, -0.05) is 33.6 Å². The van der Waals surface area contributed by atoms with Crippen molar-refractivity contribution in [3.05, 3.63) is 0 Å². The molecule has 1 aliphatic carbocycles. The van der Waals surface area contributed by atoms with E-state index in [1.54, 1.807) is 0 Å². The number of hydrogen-bond donors (Lipinski definition) is 2. The van der Waals surface area contributed by atoms with Crippen LogP contribution in [0.2, 0.25) is 0 Å². The maximum atomic E-state index is 3.67. The van der Waals surface area contributed by atoms with Gasteiger partial charge in [0, 0.05) is 12.6 Å². The lowest BCUT2D eigenvalue weighted by Crippen LogP contribution is -2.40. The first-order valence-corrected chi connectivity index (χ1v) is 7.03. The zero-order valence-electron chi connectivity index (χ0n) is 11.6. The summed E-state index contributed by atoms with van der Waals surface area (Å²) in [6.07, 6.45) is 4.31. The number of nitrogens with one attached hydrogen (secondary N) is 2. The molecule has 0 amide bonds. The molecule has 2 heteroatoms. The summed E-state index contributed by atoms with van der Waals surface area (Å²) in [6, 6.07) is 0.603. The zero-order chi connectivity index (χ0) is 12.0. The average Bonchev–Trinajstić information content (AvgIpc) is 2.60. The van der Waals surface area contributed by atoms with Crippen LogP contribution < -0.4 is 10.6 Å². The van der Waals surface area contributed by atoms with Gasteiger partial charge >= 0.3 is 0 Å². The highest BCUT2D eigenvalue weighted by Gasteiger charge is 2.23. The predicted molar refractivity (Wildman–Crippen MR) is 71.7 cm³/mol. The Bertz CT molecular complexity index is 180. The summed E-state index contributed by atoms with van der Waals surface area (Å²) in [5, 5.41) is 7.17. The van der Waals surface area contributed by atoms with E-state index in [0.717, 1.165) is 30.8 Å². The molecule has 2 nitrogen and oxygen atoms in total. The smallest absolute Gasteiger partial charge is 0.0164 e. The topological polar surface area (TPSA) is 24.1 Å². The number of rotatable bonds is 7. The highest BCUT2D eigenvalue weighted by Crippen LogP contribution is 2.30. The molecule has 1 saturated carbocycles. The van der Waals surface area contributed by atoms with Crippen LogP contribution in [0.4, 0.5) is 0 Å². The van der Waals surface area contributed by atoms with Gasteiger partial charge in [-0.2, -0.15) is 0 Å². The van der Waals surface area contributed by atoms with Gasteiger partial charge in [0.1, 0.15) is 0 Å². The van der Waals surface area contributed by atoms with E-state index in [-0.39, 0.29) is 0 Å². The van der Waals surface area contributed by atoms with E-state index in [9.17, 15) is 0 Å². The molecule has 1 rings (SSSR count). The molecule has 0 aliphatic heterocycles. The van der Waals surface area contributed by atoms with Gasteiger partial charge < -0.3 is 10.6 Å². The molecule has 0 bridgehead atoms. The first-order chi connectivity index (χ1) is 7.59. The Balaban J connectivity index is 2.03. The average molecular weight is 226 g/mol. The van der Waals surface area contributed by atoms with Gasteiger partial charge in [0.2, 0.25) is 0 Å². The van der Waals surface area contributed by atoms with Crippen molar-refractivity contribution < 1.29 is 0 Å². The normalized spacial score (nSPS) is 27.6. The van der Waals surface area contributed by atoms with Crippen LogP contribution in [-0.4, -0.2) is 25.7 Å². The van der Waals surface area contributed by atoms with Crippen molar-refractivity contribution >= 4 is 0 Å². The van der Waals surface area contributed by atoms with Crippen LogP contribution in [0.15, 0.2) is 0 Å². The molecule has 0 heterocycles. The Labute approximate surface area is 102 Å². The Morgan fingerprint density at radius 1 is 1.12 bits per heavy atom. The summed E-state index contributed by atoms with van der Waals surface area (Å²) in [6.45, 7) is 12.6. The summed E-state index contributed by atoms with van der Waals surface area (Å²) < 4.78 is 0. The molecule has 0 saturated heterocycles. The Kier molecular flexibility index (Phi) is 6.37. The third-order valence-electron chi connectivity index (χ3n) is 3.77. The lowest BCUT2D eigenvalue weighted by Gasteiger charge is -2.20. The molecule has 0 aromatic rings. The van der Waals surface area contributed by atoms with Crippen LogP contribution in [0, 0.1) is 17.8 Å². The summed E-state index contributed by atoms with van der Waals surface area (Å²) in [5.74, 6) is 2.61. The first-order valence-electron chi connectivity index (χ1n) is 7.03. The van der Waals surface area contributed by atoms with E-state index < -0.39 is 0 Å². The Morgan fingerprint density at radius 3 is 2.44 bits per heavy atom. The number of hydrogen-bond acceptors (Lipinski definition) is 2. The fraction of sp³-hybridized carbons (Fsp3) is 1.00. The van der Waals surface area contributed by atoms with E-state index in [1.165, 1.54) is 25.8 Å². The molecule has 0 radical (unpaired) electrons. The van der Waals surface area contributed by atoms with Crippen molar-refractivity contribution in [2.24, 2.45) is 17.8 Å². The predicted octanol–water partition coefficient (Wildman–Crippen LogP) is 2.65. The Hall–Kier alpha value is -0.0800. The summed E-state index contributed by atoms with van der Waals surface area (Å²) >= 11 is 0. The van der Waals surface area contributed by atoms with Crippen LogP contribution >= 0.6 is 0 Å². The van der Waals surface area contributed by atoms with Crippen molar-refractivity contribution in [3.8, 4) is 0 Å². The van der Waals surface area contributed by atoms with Gasteiger partial charge in [-0.15, -0.1) is 0 Å². The molecular weight excluding hydrogens is 196 g/mol. The first kappa shape index (κ1) is 14.0. The van der Waals surface area contributed by atoms with Crippen LogP contribution in [-0.2, 0) is 0 Å². The van der Waals surface area contributed by atoms with Crippen molar-refractivity contribution in [2.45, 2.75) is 53.0 Å². The monoisotopic (exact) mass is 226 g/mol. The minimum absolute atomic E-state index is 0.603. The van der Waals surface area contributed by atoms with Crippen LogP contribution in [0.25, 0.3) is 0 Å². The molecule has 3 atom stereocenters. The SMILES string of the molecule is CC(C)CNCC(C)NCC1CCCC1C. The van der Waals surface area contributed by atoms with Gasteiger partial charge in [0.05, 0.1) is 0 Å². The van der Waals surface area contributed by atoms with Crippen LogP contribution in [0.1, 0.15) is 47.0 Å². The van der Waals surface area contributed by atoms with E-state index >= 15 is 0 Å². The van der Waals surface area contributed by atoms with Gasteiger partial charge in [0.25, 0.3) is 0 Å². The van der Waals surface area contributed by atoms with E-state index in [2.05, 4.69) is 38.3 Å². The third-order valence-corrected chi connectivity index (χ3v) is 3.77. The molecule has 16 heavy (non-hydrogen) atoms. The molecule has 0 aromatic carbocycles. The largest absolute Gasteiger partial charge is 0.315 e. The maximum Gasteiger partial charge on any atom is 0.0164 e. The highest BCUT2D eigenvalue weighted by atomic mass is 15.0. The zero-order valence-corrected chi connectivity index (χ0v) is 11.6. The van der Waals surface area contributed by atoms with Crippen molar-refractivity contribution in [3.63, 3.8) is 0 Å². The van der Waals surface area contributed by atoms with Crippen LogP contribution in [0.5, 0.6) is 0 Å². The fourth-order valence-electron chi connectivity index (χ4n) is 2.54. The fourth-order valence-corrected chi connectivity index (χ4v) is 2.54. The van der Waals surface area contributed by atoms with Gasteiger partial charge in [0.15, 0.2) is 0 Å². The summed E-state index contributed by atoms with van der Waals surface area (Å²) in [5.41, 5.74) is 0. The second-order valence-corrected chi connectivity index (χ2v) is 6.03. The minimum Gasteiger partial charge on any atom is -0.315 e. The maximum absolute atomic E-state index is 3.67. The van der Waals surface area contributed by atoms with Gasteiger partial charge in [-0.05, 0) is 44.2 Å². The highest BCUT2D eigenvalue weighted by molar-refractivity contribution is 4.77. The molecule has 1 fully saturated rings. The van der Waals surface area contributed by atoms with Crippen molar-refractivity contribution in [1.29, 1.82) is 0 Å². The molecular formula is C14H30N2. The molecule has 2 N–H and O–H groups in total. The lowest BCUT2D eigenvalue weighted by atomic mass is 9.98. The minimum atomic E-state index is 0.603. The van der Waals surface area contributed by atoms with Gasteiger partial charge in [-0.3, -0.25) is 0 Å². The standard InChI is InChI=1S/C14H30N2/c1-11(2)8-15-9-13(4)16-10-14-7-5-6-12(14)3/h11-16H,5-10H2,1-4H3. The lowest BCUT2D eigenvalue weighted by molar-refractivity contribution is 0.365. The second kappa shape index (κ2) is 7.29. The van der Waals surface area contributed by atoms with Gasteiger partial charge in [-0.25, -0.2) is 0 Å². The molecule has 0 spiro atoms. The quantitative estimate of drug-likeness (QED) is 0.697. The summed E-state index contributed by atoms with van der Waals surface area (Å²) in [7, 11) is 0. The van der Waals surface area contributed by atoms with E-state index in [4.69, 9.17) is 0 Å². The molecule has 3 unspecified atom stereocenters. The van der Waals surface area contributed by atoms with E-state index in [1.807, 2.05) is 0 Å². The molecule has 0 aromatic heterocycles. The van der Waals surface area contributed by atoms with Crippen molar-refractivity contribution in [2.75, 3.05) is 19.6 Å². The Morgan fingerprint density at radius 2 is 1.88 bits per heavy atom. The second-order valence-electron chi connectivity index (χ2n) is 6.03. The molecule has 1 aliphatic rings. The van der Waals surface area contributed by atoms with Crippen LogP contribution in [0.3, 0.4) is 0 Å². The summed E-state index contributed by atoms with van der Waals surface area (Å²) in [4.78, 5) is 0. The third kappa shape index (κ3) is 5.31. The van der Waals surface area contributed by atoms with Crippen molar-refractivity contribution in [1.82, 2.24) is 10.6 Å². The molecule has 96 valence electrons. The van der Waals surface area contributed by atoms with E-state index in [0.29, 0.717) is 6.04 Å².